The summed E-state index contributed by atoms with van der Waals surface area (Å²) >= 11 is 0. The molecule has 0 aliphatic carbocycles. The first kappa shape index (κ1) is 27.0. The number of para-hydroxylation sites is 1. The van der Waals surface area contributed by atoms with Gasteiger partial charge in [0.1, 0.15) is 29.1 Å². The number of ether oxygens (including phenoxy) is 2. The molecule has 0 aliphatic rings. The number of fused-ring (bicyclic) bond motifs is 1. The van der Waals surface area contributed by atoms with Crippen LogP contribution in [0.1, 0.15) is 38.1 Å². The number of benzene rings is 2. The summed E-state index contributed by atoms with van der Waals surface area (Å²) in [5.41, 5.74) is 3.19. The van der Waals surface area contributed by atoms with E-state index in [-0.39, 0.29) is 18.4 Å². The van der Waals surface area contributed by atoms with Crippen LogP contribution in [-0.4, -0.2) is 37.9 Å². The summed E-state index contributed by atoms with van der Waals surface area (Å²) in [6.45, 7) is 5.25. The molecule has 1 unspecified atom stereocenters. The minimum absolute atomic E-state index is 0.0437. The Morgan fingerprint density at radius 1 is 1.02 bits per heavy atom. The third kappa shape index (κ3) is 5.28. The number of halogens is 1. The molecule has 0 spiro atoms. The quantitative estimate of drug-likeness (QED) is 0.255. The van der Waals surface area contributed by atoms with Gasteiger partial charge in [-0.25, -0.2) is 14.1 Å². The zero-order valence-corrected chi connectivity index (χ0v) is 22.6. The fraction of sp³-hybridized carbons (Fsp3) is 0.226. The average Bonchev–Trinajstić information content (AvgIpc) is 3.33. The van der Waals surface area contributed by atoms with E-state index in [0.717, 1.165) is 22.1 Å². The number of aromatic nitrogens is 4. The zero-order valence-electron chi connectivity index (χ0n) is 22.6. The van der Waals surface area contributed by atoms with Crippen molar-refractivity contribution in [3.63, 3.8) is 0 Å². The van der Waals surface area contributed by atoms with Crippen LogP contribution in [0.4, 0.5) is 4.39 Å². The van der Waals surface area contributed by atoms with Gasteiger partial charge in [-0.1, -0.05) is 30.3 Å². The van der Waals surface area contributed by atoms with E-state index < -0.39 is 17.3 Å². The maximum atomic E-state index is 14.3. The fourth-order valence-electron chi connectivity index (χ4n) is 4.33. The molecule has 9 heteroatoms. The summed E-state index contributed by atoms with van der Waals surface area (Å²) in [6, 6.07) is 19.4. The van der Waals surface area contributed by atoms with Crippen molar-refractivity contribution in [3.8, 4) is 28.1 Å². The molecule has 204 valence electrons. The Hall–Kier alpha value is -4.63. The van der Waals surface area contributed by atoms with E-state index >= 15 is 0 Å². The fourth-order valence-corrected chi connectivity index (χ4v) is 4.33. The molecule has 0 bridgehead atoms. The molecule has 0 fully saturated rings. The van der Waals surface area contributed by atoms with Gasteiger partial charge in [-0.2, -0.15) is 5.10 Å². The standard InChI is InChI=1S/C31H29FN4O4/c1-31(2,3)30(38)40-18-36-29-23(26(35-36)22-11-5-6-13-25(22)39-4)16-21(17-34-29)19-9-7-10-20(15-19)28(37)27-24(32)12-8-14-33-27/h5-17,28,37H,18H2,1-4H3. The second-order valence-electron chi connectivity index (χ2n) is 10.4. The van der Waals surface area contributed by atoms with Crippen LogP contribution in [0.3, 0.4) is 0 Å². The molecule has 0 saturated carbocycles. The summed E-state index contributed by atoms with van der Waals surface area (Å²) in [5.74, 6) is -0.301. The summed E-state index contributed by atoms with van der Waals surface area (Å²) in [6.07, 6.45) is 1.90. The Balaban J connectivity index is 1.59. The SMILES string of the molecule is COc1ccccc1-c1nn(COC(=O)C(C)(C)C)c2ncc(-c3cccc(C(O)c4ncccc4F)c3)cc12. The zero-order chi connectivity index (χ0) is 28.4. The van der Waals surface area contributed by atoms with Crippen molar-refractivity contribution in [2.45, 2.75) is 33.6 Å². The number of esters is 1. The van der Waals surface area contributed by atoms with E-state index in [2.05, 4.69) is 9.97 Å². The third-order valence-corrected chi connectivity index (χ3v) is 6.46. The van der Waals surface area contributed by atoms with E-state index in [1.165, 1.54) is 18.3 Å². The Kier molecular flexibility index (Phi) is 7.32. The van der Waals surface area contributed by atoms with Crippen LogP contribution in [0.15, 0.2) is 79.1 Å². The maximum absolute atomic E-state index is 14.3. The number of pyridine rings is 2. The van der Waals surface area contributed by atoms with Gasteiger partial charge in [0, 0.05) is 28.9 Å². The van der Waals surface area contributed by atoms with Gasteiger partial charge >= 0.3 is 5.97 Å². The van der Waals surface area contributed by atoms with Crippen molar-refractivity contribution in [2.75, 3.05) is 7.11 Å². The number of rotatable bonds is 7. The normalized spacial score (nSPS) is 12.3. The van der Waals surface area contributed by atoms with Crippen LogP contribution in [0.25, 0.3) is 33.4 Å². The first-order chi connectivity index (χ1) is 19.2. The molecule has 3 aromatic heterocycles. The van der Waals surface area contributed by atoms with E-state index in [4.69, 9.17) is 14.6 Å². The van der Waals surface area contributed by atoms with Crippen LogP contribution in [0, 0.1) is 11.2 Å². The lowest BCUT2D eigenvalue weighted by atomic mass is 9.98. The van der Waals surface area contributed by atoms with Crippen LogP contribution in [0.2, 0.25) is 0 Å². The van der Waals surface area contributed by atoms with Crippen molar-refractivity contribution in [2.24, 2.45) is 5.41 Å². The summed E-state index contributed by atoms with van der Waals surface area (Å²) < 4.78 is 27.0. The molecule has 0 saturated heterocycles. The molecule has 2 aromatic carbocycles. The maximum Gasteiger partial charge on any atom is 0.313 e. The highest BCUT2D eigenvalue weighted by molar-refractivity contribution is 5.95. The molecule has 40 heavy (non-hydrogen) atoms. The highest BCUT2D eigenvalue weighted by Gasteiger charge is 2.25. The van der Waals surface area contributed by atoms with Crippen LogP contribution in [-0.2, 0) is 16.3 Å². The molecular weight excluding hydrogens is 511 g/mol. The lowest BCUT2D eigenvalue weighted by molar-refractivity contribution is -0.157. The molecule has 1 N–H and O–H groups in total. The molecule has 0 radical (unpaired) electrons. The predicted octanol–water partition coefficient (Wildman–Crippen LogP) is 5.94. The van der Waals surface area contributed by atoms with Crippen molar-refractivity contribution in [1.82, 2.24) is 19.7 Å². The van der Waals surface area contributed by atoms with Gasteiger partial charge in [-0.15, -0.1) is 0 Å². The third-order valence-electron chi connectivity index (χ3n) is 6.46. The highest BCUT2D eigenvalue weighted by Crippen LogP contribution is 2.36. The molecule has 5 aromatic rings. The molecule has 5 rings (SSSR count). The molecule has 0 amide bonds. The Bertz CT molecular complexity index is 1690. The van der Waals surface area contributed by atoms with Gasteiger partial charge < -0.3 is 14.6 Å². The number of hydrogen-bond acceptors (Lipinski definition) is 7. The first-order valence-corrected chi connectivity index (χ1v) is 12.7. The lowest BCUT2D eigenvalue weighted by Gasteiger charge is -2.16. The van der Waals surface area contributed by atoms with Crippen LogP contribution in [0.5, 0.6) is 5.75 Å². The number of methoxy groups -OCH3 is 1. The van der Waals surface area contributed by atoms with E-state index in [1.807, 2.05) is 36.4 Å². The van der Waals surface area contributed by atoms with Crippen molar-refractivity contribution < 1.29 is 23.8 Å². The molecule has 8 nitrogen and oxygen atoms in total. The van der Waals surface area contributed by atoms with Gasteiger partial charge in [-0.05, 0) is 68.3 Å². The lowest BCUT2D eigenvalue weighted by Crippen LogP contribution is -2.24. The Morgan fingerprint density at radius 3 is 2.58 bits per heavy atom. The topological polar surface area (TPSA) is 99.4 Å². The monoisotopic (exact) mass is 540 g/mol. The molecule has 0 aliphatic heterocycles. The van der Waals surface area contributed by atoms with Gasteiger partial charge in [0.25, 0.3) is 0 Å². The molecule has 1 atom stereocenters. The summed E-state index contributed by atoms with van der Waals surface area (Å²) in [4.78, 5) is 21.1. The average molecular weight is 541 g/mol. The number of aliphatic hydroxyl groups excluding tert-OH is 1. The van der Waals surface area contributed by atoms with Crippen molar-refractivity contribution in [1.29, 1.82) is 0 Å². The van der Waals surface area contributed by atoms with Crippen LogP contribution >= 0.6 is 0 Å². The van der Waals surface area contributed by atoms with Gasteiger partial charge in [0.15, 0.2) is 12.4 Å². The summed E-state index contributed by atoms with van der Waals surface area (Å²) in [5, 5.41) is 16.3. The highest BCUT2D eigenvalue weighted by atomic mass is 19.1. The van der Waals surface area contributed by atoms with Crippen molar-refractivity contribution >= 4 is 17.0 Å². The number of hydrogen-bond donors (Lipinski definition) is 1. The van der Waals surface area contributed by atoms with Gasteiger partial charge in [0.2, 0.25) is 0 Å². The smallest absolute Gasteiger partial charge is 0.313 e. The number of nitrogens with zero attached hydrogens (tertiary/aromatic N) is 4. The van der Waals surface area contributed by atoms with Gasteiger partial charge in [0.05, 0.1) is 12.5 Å². The molecule has 3 heterocycles. The Labute approximate surface area is 231 Å². The number of carbonyl (C=O) groups excluding carboxylic acids is 1. The van der Waals surface area contributed by atoms with E-state index in [9.17, 15) is 14.3 Å². The van der Waals surface area contributed by atoms with E-state index in [0.29, 0.717) is 22.7 Å². The number of aliphatic hydroxyl groups is 1. The summed E-state index contributed by atoms with van der Waals surface area (Å²) in [7, 11) is 1.59. The molecular formula is C31H29FN4O4. The van der Waals surface area contributed by atoms with Crippen molar-refractivity contribution in [3.05, 3.63) is 96.2 Å². The van der Waals surface area contributed by atoms with E-state index in [1.54, 1.807) is 57.0 Å². The largest absolute Gasteiger partial charge is 0.496 e. The second-order valence-corrected chi connectivity index (χ2v) is 10.4. The minimum atomic E-state index is -1.23. The van der Waals surface area contributed by atoms with Crippen LogP contribution < -0.4 is 4.74 Å². The predicted molar refractivity (Wildman–Crippen MR) is 149 cm³/mol. The first-order valence-electron chi connectivity index (χ1n) is 12.7. The van der Waals surface area contributed by atoms with Gasteiger partial charge in [-0.3, -0.25) is 9.78 Å². The Morgan fingerprint density at radius 2 is 1.82 bits per heavy atom. The second kappa shape index (κ2) is 10.9. The minimum Gasteiger partial charge on any atom is -0.496 e. The number of carbonyl (C=O) groups is 1.